The first-order valence-corrected chi connectivity index (χ1v) is 8.33. The van der Waals surface area contributed by atoms with Crippen LogP contribution in [0.15, 0.2) is 15.5 Å². The standard InChI is InChI=1S/C17H27N3O4/c1-5-23-13-6-8-20(9-7-13)17(18-3)19-11-14-10-15(12(2)24-14)16(21)22-4/h10,13H,5-9,11H2,1-4H3,(H,18,19). The molecule has 1 aromatic heterocycles. The van der Waals surface area contributed by atoms with Crippen molar-refractivity contribution in [1.82, 2.24) is 10.2 Å². The minimum absolute atomic E-state index is 0.347. The quantitative estimate of drug-likeness (QED) is 0.503. The minimum Gasteiger partial charge on any atom is -0.465 e. The number of nitrogens with one attached hydrogen (secondary N) is 1. The van der Waals surface area contributed by atoms with Crippen molar-refractivity contribution in [3.8, 4) is 0 Å². The van der Waals surface area contributed by atoms with Gasteiger partial charge in [0.05, 0.1) is 19.8 Å². The van der Waals surface area contributed by atoms with Crippen LogP contribution in [-0.4, -0.2) is 56.8 Å². The van der Waals surface area contributed by atoms with Gasteiger partial charge < -0.3 is 24.1 Å². The number of likely N-dealkylation sites (tertiary alicyclic amines) is 1. The maximum atomic E-state index is 11.6. The van der Waals surface area contributed by atoms with Crippen LogP contribution in [0.5, 0.6) is 0 Å². The first-order chi connectivity index (χ1) is 11.6. The smallest absolute Gasteiger partial charge is 0.341 e. The maximum absolute atomic E-state index is 11.6. The summed E-state index contributed by atoms with van der Waals surface area (Å²) in [5.74, 6) is 1.69. The Labute approximate surface area is 143 Å². The van der Waals surface area contributed by atoms with Gasteiger partial charge in [-0.25, -0.2) is 4.79 Å². The normalized spacial score (nSPS) is 16.3. The van der Waals surface area contributed by atoms with Crippen LogP contribution in [0.1, 0.15) is 41.6 Å². The van der Waals surface area contributed by atoms with Gasteiger partial charge in [-0.1, -0.05) is 0 Å². The molecule has 0 aliphatic carbocycles. The summed E-state index contributed by atoms with van der Waals surface area (Å²) >= 11 is 0. The molecule has 7 nitrogen and oxygen atoms in total. The first-order valence-electron chi connectivity index (χ1n) is 8.33. The number of piperidine rings is 1. The van der Waals surface area contributed by atoms with Crippen LogP contribution >= 0.6 is 0 Å². The zero-order chi connectivity index (χ0) is 17.5. The fraction of sp³-hybridized carbons (Fsp3) is 0.647. The van der Waals surface area contributed by atoms with E-state index in [0.29, 0.717) is 29.7 Å². The van der Waals surface area contributed by atoms with Crippen LogP contribution < -0.4 is 5.32 Å². The highest BCUT2D eigenvalue weighted by atomic mass is 16.5. The van der Waals surface area contributed by atoms with Crippen molar-refractivity contribution in [1.29, 1.82) is 0 Å². The van der Waals surface area contributed by atoms with Crippen molar-refractivity contribution in [2.45, 2.75) is 39.3 Å². The summed E-state index contributed by atoms with van der Waals surface area (Å²) in [7, 11) is 3.13. The van der Waals surface area contributed by atoms with Gasteiger partial charge in [0.2, 0.25) is 0 Å². The van der Waals surface area contributed by atoms with E-state index in [4.69, 9.17) is 13.9 Å². The number of hydrogen-bond donors (Lipinski definition) is 1. The molecule has 0 amide bonds. The highest BCUT2D eigenvalue weighted by Crippen LogP contribution is 2.16. The molecule has 1 aliphatic rings. The molecule has 0 radical (unpaired) electrons. The summed E-state index contributed by atoms with van der Waals surface area (Å²) < 4.78 is 16.0. The Kier molecular flexibility index (Phi) is 6.66. The fourth-order valence-electron chi connectivity index (χ4n) is 2.91. The van der Waals surface area contributed by atoms with Crippen LogP contribution in [0, 0.1) is 6.92 Å². The number of nitrogens with zero attached hydrogens (tertiary/aromatic N) is 2. The zero-order valence-electron chi connectivity index (χ0n) is 14.9. The fourth-order valence-corrected chi connectivity index (χ4v) is 2.91. The molecule has 134 valence electrons. The predicted molar refractivity (Wildman–Crippen MR) is 91.2 cm³/mol. The van der Waals surface area contributed by atoms with Crippen molar-refractivity contribution in [3.63, 3.8) is 0 Å². The van der Waals surface area contributed by atoms with Crippen molar-refractivity contribution in [2.75, 3.05) is 33.9 Å². The van der Waals surface area contributed by atoms with Gasteiger partial charge in [-0.15, -0.1) is 0 Å². The second kappa shape index (κ2) is 8.73. The number of aryl methyl sites for hydroxylation is 1. The molecule has 7 heteroatoms. The largest absolute Gasteiger partial charge is 0.465 e. The SMILES string of the molecule is CCOC1CCN(C(=NC)NCc2cc(C(=O)OC)c(C)o2)CC1. The van der Waals surface area contributed by atoms with Crippen LogP contribution in [0.3, 0.4) is 0 Å². The molecule has 1 N–H and O–H groups in total. The van der Waals surface area contributed by atoms with Crippen LogP contribution in [0.2, 0.25) is 0 Å². The van der Waals surface area contributed by atoms with Crippen LogP contribution in [-0.2, 0) is 16.0 Å². The summed E-state index contributed by atoms with van der Waals surface area (Å²) in [4.78, 5) is 18.2. The highest BCUT2D eigenvalue weighted by Gasteiger charge is 2.22. The molecule has 0 aromatic carbocycles. The second-order valence-corrected chi connectivity index (χ2v) is 5.72. The van der Waals surface area contributed by atoms with Gasteiger partial charge in [0.1, 0.15) is 17.1 Å². The molecular weight excluding hydrogens is 310 g/mol. The third-order valence-electron chi connectivity index (χ3n) is 4.15. The van der Waals surface area contributed by atoms with Crippen LogP contribution in [0.4, 0.5) is 0 Å². The van der Waals surface area contributed by atoms with Crippen LogP contribution in [0.25, 0.3) is 0 Å². The van der Waals surface area contributed by atoms with E-state index < -0.39 is 0 Å². The van der Waals surface area contributed by atoms with Gasteiger partial charge in [0.25, 0.3) is 0 Å². The average molecular weight is 337 g/mol. The number of hydrogen-bond acceptors (Lipinski definition) is 5. The van der Waals surface area contributed by atoms with E-state index in [0.717, 1.165) is 38.5 Å². The lowest BCUT2D eigenvalue weighted by molar-refractivity contribution is 0.0263. The summed E-state index contributed by atoms with van der Waals surface area (Å²) in [5, 5.41) is 3.29. The number of carbonyl (C=O) groups is 1. The van der Waals surface area contributed by atoms with Gasteiger partial charge in [0, 0.05) is 26.7 Å². The number of aliphatic imine (C=N–C) groups is 1. The van der Waals surface area contributed by atoms with E-state index >= 15 is 0 Å². The second-order valence-electron chi connectivity index (χ2n) is 5.72. The van der Waals surface area contributed by atoms with Gasteiger partial charge in [-0.3, -0.25) is 4.99 Å². The Morgan fingerprint density at radius 2 is 2.17 bits per heavy atom. The third kappa shape index (κ3) is 4.50. The number of methoxy groups -OCH3 is 1. The molecule has 0 bridgehead atoms. The molecular formula is C17H27N3O4. The number of rotatable bonds is 5. The lowest BCUT2D eigenvalue weighted by Crippen LogP contribution is -2.46. The molecule has 0 atom stereocenters. The number of esters is 1. The molecule has 0 unspecified atom stereocenters. The Balaban J connectivity index is 1.89. The van der Waals surface area contributed by atoms with Crippen molar-refractivity contribution < 1.29 is 18.7 Å². The zero-order valence-corrected chi connectivity index (χ0v) is 14.9. The van der Waals surface area contributed by atoms with E-state index in [9.17, 15) is 4.79 Å². The van der Waals surface area contributed by atoms with E-state index in [1.807, 2.05) is 6.92 Å². The van der Waals surface area contributed by atoms with E-state index in [-0.39, 0.29) is 5.97 Å². The summed E-state index contributed by atoms with van der Waals surface area (Å²) in [6.07, 6.45) is 2.35. The van der Waals surface area contributed by atoms with Gasteiger partial charge in [0.15, 0.2) is 5.96 Å². The number of guanidine groups is 1. The Morgan fingerprint density at radius 3 is 2.75 bits per heavy atom. The molecule has 1 fully saturated rings. The minimum atomic E-state index is -0.384. The molecule has 24 heavy (non-hydrogen) atoms. The van der Waals surface area contributed by atoms with E-state index in [2.05, 4.69) is 15.2 Å². The summed E-state index contributed by atoms with van der Waals surface area (Å²) in [6.45, 7) is 6.83. The first kappa shape index (κ1) is 18.3. The topological polar surface area (TPSA) is 76.3 Å². The van der Waals surface area contributed by atoms with Crippen molar-refractivity contribution >= 4 is 11.9 Å². The molecule has 1 saturated heterocycles. The molecule has 1 aromatic rings. The maximum Gasteiger partial charge on any atom is 0.341 e. The van der Waals surface area contributed by atoms with Gasteiger partial charge >= 0.3 is 5.97 Å². The Bertz CT molecular complexity index is 574. The molecule has 1 aliphatic heterocycles. The van der Waals surface area contributed by atoms with Gasteiger partial charge in [-0.2, -0.15) is 0 Å². The lowest BCUT2D eigenvalue weighted by atomic mass is 10.1. The lowest BCUT2D eigenvalue weighted by Gasteiger charge is -2.33. The summed E-state index contributed by atoms with van der Waals surface area (Å²) in [6, 6.07) is 1.71. The molecule has 2 heterocycles. The predicted octanol–water partition coefficient (Wildman–Crippen LogP) is 1.95. The van der Waals surface area contributed by atoms with Gasteiger partial charge in [-0.05, 0) is 32.8 Å². The third-order valence-corrected chi connectivity index (χ3v) is 4.15. The Hall–Kier alpha value is -2.02. The molecule has 0 saturated carbocycles. The molecule has 0 spiro atoms. The number of carbonyl (C=O) groups excluding carboxylic acids is 1. The summed E-state index contributed by atoms with van der Waals surface area (Å²) in [5.41, 5.74) is 0.460. The number of furan rings is 1. The van der Waals surface area contributed by atoms with Crippen molar-refractivity contribution in [2.24, 2.45) is 4.99 Å². The average Bonchev–Trinajstić information content (AvgIpc) is 2.97. The number of ether oxygens (including phenoxy) is 2. The highest BCUT2D eigenvalue weighted by molar-refractivity contribution is 5.90. The molecule has 2 rings (SSSR count). The van der Waals surface area contributed by atoms with E-state index in [1.165, 1.54) is 7.11 Å². The monoisotopic (exact) mass is 337 g/mol. The van der Waals surface area contributed by atoms with E-state index in [1.54, 1.807) is 20.0 Å². The van der Waals surface area contributed by atoms with Crippen molar-refractivity contribution in [3.05, 3.63) is 23.2 Å². The Morgan fingerprint density at radius 1 is 1.46 bits per heavy atom.